The molecule has 1 aromatic rings. The predicted molar refractivity (Wildman–Crippen MR) is 102 cm³/mol. The molecular formula is C18H24N2O5S2. The Hall–Kier alpha value is -1.13. The lowest BCUT2D eigenvalue weighted by atomic mass is 10.1. The standard InChI is InChI=1S/C18H24N2O5S2/c1-14(21)20-7-2-12-26-17-4-3-15(13-16(17)20)27(22,23)19-8-5-18(6-9-19)24-10-11-25-18/h3-4,13H,2,5-12H2,1H3. The van der Waals surface area contributed by atoms with Gasteiger partial charge in [0.1, 0.15) is 0 Å². The van der Waals surface area contributed by atoms with E-state index in [1.165, 1.54) is 11.2 Å². The zero-order valence-corrected chi connectivity index (χ0v) is 17.0. The number of fused-ring (bicyclic) bond motifs is 1. The van der Waals surface area contributed by atoms with Gasteiger partial charge in [-0.1, -0.05) is 0 Å². The first-order valence-electron chi connectivity index (χ1n) is 9.24. The van der Waals surface area contributed by atoms with Crippen molar-refractivity contribution in [2.75, 3.05) is 43.5 Å². The quantitative estimate of drug-likeness (QED) is 0.740. The topological polar surface area (TPSA) is 76.2 Å². The highest BCUT2D eigenvalue weighted by atomic mass is 32.2. The number of sulfonamides is 1. The Morgan fingerprint density at radius 3 is 2.52 bits per heavy atom. The molecule has 2 fully saturated rings. The van der Waals surface area contributed by atoms with Crippen molar-refractivity contribution >= 4 is 33.4 Å². The monoisotopic (exact) mass is 412 g/mol. The summed E-state index contributed by atoms with van der Waals surface area (Å²) in [6.07, 6.45) is 1.95. The molecule has 0 atom stereocenters. The number of ether oxygens (including phenoxy) is 2. The maximum Gasteiger partial charge on any atom is 0.243 e. The predicted octanol–water partition coefficient (Wildman–Crippen LogP) is 2.06. The normalized spacial score (nSPS) is 23.2. The van der Waals surface area contributed by atoms with Gasteiger partial charge in [-0.05, 0) is 30.4 Å². The van der Waals surface area contributed by atoms with Crippen LogP contribution in [-0.4, -0.2) is 63.0 Å². The molecule has 4 rings (SSSR count). The van der Waals surface area contributed by atoms with Crippen molar-refractivity contribution in [3.8, 4) is 0 Å². The summed E-state index contributed by atoms with van der Waals surface area (Å²) in [5.41, 5.74) is 0.696. The highest BCUT2D eigenvalue weighted by Gasteiger charge is 2.42. The van der Waals surface area contributed by atoms with Crippen LogP contribution in [0.3, 0.4) is 0 Å². The number of hydrogen-bond acceptors (Lipinski definition) is 6. The van der Waals surface area contributed by atoms with Crippen molar-refractivity contribution in [1.82, 2.24) is 4.31 Å². The van der Waals surface area contributed by atoms with Crippen LogP contribution in [-0.2, 0) is 24.3 Å². The first kappa shape index (κ1) is 19.2. The first-order valence-corrected chi connectivity index (χ1v) is 11.7. The zero-order chi connectivity index (χ0) is 19.1. The molecule has 7 nitrogen and oxygen atoms in total. The van der Waals surface area contributed by atoms with Crippen LogP contribution in [0.1, 0.15) is 26.2 Å². The minimum atomic E-state index is -3.63. The summed E-state index contributed by atoms with van der Waals surface area (Å²) in [4.78, 5) is 14.9. The summed E-state index contributed by atoms with van der Waals surface area (Å²) >= 11 is 1.66. The second-order valence-corrected chi connectivity index (χ2v) is 10.1. The van der Waals surface area contributed by atoms with E-state index >= 15 is 0 Å². The van der Waals surface area contributed by atoms with E-state index < -0.39 is 15.8 Å². The summed E-state index contributed by atoms with van der Waals surface area (Å²) < 4.78 is 39.2. The van der Waals surface area contributed by atoms with Crippen LogP contribution in [0.2, 0.25) is 0 Å². The number of carbonyl (C=O) groups is 1. The van der Waals surface area contributed by atoms with Gasteiger partial charge in [-0.2, -0.15) is 4.31 Å². The zero-order valence-electron chi connectivity index (χ0n) is 15.3. The average molecular weight is 413 g/mol. The van der Waals surface area contributed by atoms with E-state index in [1.807, 2.05) is 6.07 Å². The molecule has 1 aromatic carbocycles. The van der Waals surface area contributed by atoms with Gasteiger partial charge in [0, 0.05) is 44.3 Å². The molecule has 1 spiro atoms. The summed E-state index contributed by atoms with van der Waals surface area (Å²) in [5.74, 6) is 0.239. The van der Waals surface area contributed by atoms with Crippen LogP contribution in [0.5, 0.6) is 0 Å². The number of carbonyl (C=O) groups excluding carboxylic acids is 1. The second-order valence-electron chi connectivity index (χ2n) is 7.01. The van der Waals surface area contributed by atoms with Gasteiger partial charge >= 0.3 is 0 Å². The van der Waals surface area contributed by atoms with Gasteiger partial charge < -0.3 is 14.4 Å². The van der Waals surface area contributed by atoms with Crippen molar-refractivity contribution < 1.29 is 22.7 Å². The minimum Gasteiger partial charge on any atom is -0.347 e. The Morgan fingerprint density at radius 2 is 1.85 bits per heavy atom. The number of nitrogens with zero attached hydrogens (tertiary/aromatic N) is 2. The van der Waals surface area contributed by atoms with Crippen molar-refractivity contribution in [2.24, 2.45) is 0 Å². The van der Waals surface area contributed by atoms with E-state index in [2.05, 4.69) is 0 Å². The molecule has 0 radical (unpaired) electrons. The van der Waals surface area contributed by atoms with Crippen LogP contribution >= 0.6 is 11.8 Å². The summed E-state index contributed by atoms with van der Waals surface area (Å²) in [5, 5.41) is 0. The third-order valence-electron chi connectivity index (χ3n) is 5.32. The number of thioether (sulfide) groups is 1. The molecule has 0 N–H and O–H groups in total. The lowest BCUT2D eigenvalue weighted by Gasteiger charge is -2.36. The molecule has 3 aliphatic rings. The first-order chi connectivity index (χ1) is 12.9. The molecular weight excluding hydrogens is 388 g/mol. The van der Waals surface area contributed by atoms with E-state index in [4.69, 9.17) is 9.47 Å². The molecule has 0 bridgehead atoms. The van der Waals surface area contributed by atoms with Crippen LogP contribution < -0.4 is 4.90 Å². The molecule has 27 heavy (non-hydrogen) atoms. The number of rotatable bonds is 2. The molecule has 0 unspecified atom stereocenters. The van der Waals surface area contributed by atoms with Crippen LogP contribution in [0.15, 0.2) is 28.0 Å². The fourth-order valence-corrected chi connectivity index (χ4v) is 6.28. The van der Waals surface area contributed by atoms with Crippen molar-refractivity contribution in [2.45, 2.75) is 41.8 Å². The molecule has 0 aliphatic carbocycles. The maximum atomic E-state index is 13.2. The molecule has 2 saturated heterocycles. The lowest BCUT2D eigenvalue weighted by molar-refractivity contribution is -0.179. The number of hydrogen-bond donors (Lipinski definition) is 0. The number of benzene rings is 1. The van der Waals surface area contributed by atoms with E-state index in [0.717, 1.165) is 17.1 Å². The number of amides is 1. The number of anilines is 1. The summed E-state index contributed by atoms with van der Waals surface area (Å²) in [7, 11) is -3.63. The molecule has 0 saturated carbocycles. The fraction of sp³-hybridized carbons (Fsp3) is 0.611. The minimum absolute atomic E-state index is 0.0660. The highest BCUT2D eigenvalue weighted by Crippen LogP contribution is 2.38. The second kappa shape index (κ2) is 7.36. The van der Waals surface area contributed by atoms with Crippen LogP contribution in [0, 0.1) is 0 Å². The average Bonchev–Trinajstić information content (AvgIpc) is 2.98. The van der Waals surface area contributed by atoms with Crippen molar-refractivity contribution in [1.29, 1.82) is 0 Å². The van der Waals surface area contributed by atoms with Gasteiger partial charge in [0.15, 0.2) is 5.79 Å². The Labute approximate surface area is 164 Å². The van der Waals surface area contributed by atoms with E-state index in [1.54, 1.807) is 28.8 Å². The van der Waals surface area contributed by atoms with E-state index in [9.17, 15) is 13.2 Å². The van der Waals surface area contributed by atoms with Gasteiger partial charge in [-0.3, -0.25) is 4.79 Å². The summed E-state index contributed by atoms with van der Waals surface area (Å²) in [6, 6.07) is 5.12. The molecule has 3 heterocycles. The molecule has 9 heteroatoms. The van der Waals surface area contributed by atoms with Crippen molar-refractivity contribution in [3.05, 3.63) is 18.2 Å². The molecule has 0 aromatic heterocycles. The highest BCUT2D eigenvalue weighted by molar-refractivity contribution is 7.99. The molecule has 1 amide bonds. The van der Waals surface area contributed by atoms with Crippen molar-refractivity contribution in [3.63, 3.8) is 0 Å². The maximum absolute atomic E-state index is 13.2. The summed E-state index contributed by atoms with van der Waals surface area (Å²) in [6.45, 7) is 3.99. The third kappa shape index (κ3) is 3.63. The molecule has 148 valence electrons. The smallest absolute Gasteiger partial charge is 0.243 e. The third-order valence-corrected chi connectivity index (χ3v) is 8.36. The van der Waals surface area contributed by atoms with Crippen LogP contribution in [0.4, 0.5) is 5.69 Å². The Morgan fingerprint density at radius 1 is 1.15 bits per heavy atom. The largest absolute Gasteiger partial charge is 0.347 e. The number of piperidine rings is 1. The Kier molecular flexibility index (Phi) is 5.24. The van der Waals surface area contributed by atoms with Gasteiger partial charge in [0.05, 0.1) is 23.8 Å². The van der Waals surface area contributed by atoms with E-state index in [-0.39, 0.29) is 10.8 Å². The van der Waals surface area contributed by atoms with Gasteiger partial charge in [0.25, 0.3) is 0 Å². The Balaban J connectivity index is 1.60. The van der Waals surface area contributed by atoms with Gasteiger partial charge in [0.2, 0.25) is 15.9 Å². The Bertz CT molecular complexity index is 826. The fourth-order valence-electron chi connectivity index (χ4n) is 3.84. The SMILES string of the molecule is CC(=O)N1CCCSc2ccc(S(=O)(=O)N3CCC4(CC3)OCCO4)cc21. The van der Waals surface area contributed by atoms with Crippen LogP contribution in [0.25, 0.3) is 0 Å². The lowest BCUT2D eigenvalue weighted by Crippen LogP contribution is -2.47. The van der Waals surface area contributed by atoms with Gasteiger partial charge in [-0.25, -0.2) is 8.42 Å². The van der Waals surface area contributed by atoms with Gasteiger partial charge in [-0.15, -0.1) is 11.8 Å². The molecule has 3 aliphatic heterocycles. The van der Waals surface area contributed by atoms with E-state index in [0.29, 0.717) is 51.4 Å².